The van der Waals surface area contributed by atoms with Gasteiger partial charge in [-0.3, -0.25) is 4.79 Å². The number of furan rings is 1. The molecule has 2 N–H and O–H groups in total. The van der Waals surface area contributed by atoms with Crippen molar-refractivity contribution in [3.63, 3.8) is 0 Å². The number of hydrogen-bond acceptors (Lipinski definition) is 6. The molecule has 10 heteroatoms. The van der Waals surface area contributed by atoms with E-state index in [0.717, 1.165) is 25.1 Å². The Morgan fingerprint density at radius 3 is 2.62 bits per heavy atom. The summed E-state index contributed by atoms with van der Waals surface area (Å²) in [6.07, 6.45) is 0. The van der Waals surface area contributed by atoms with Gasteiger partial charge in [0.15, 0.2) is 17.4 Å². The minimum absolute atomic E-state index is 0.336. The molecule has 0 unspecified atom stereocenters. The lowest BCUT2D eigenvalue weighted by molar-refractivity contribution is -0.131. The van der Waals surface area contributed by atoms with Gasteiger partial charge < -0.3 is 14.3 Å². The molecule has 0 fully saturated rings. The number of carbonyl (C=O) groups excluding carboxylic acids is 1. The maximum Gasteiger partial charge on any atom is 0.308 e. The van der Waals surface area contributed by atoms with E-state index in [2.05, 4.69) is 0 Å². The van der Waals surface area contributed by atoms with Crippen LogP contribution in [0.15, 0.2) is 22.6 Å². The standard InChI is InChI=1S/C14H13F2NO6S/c1-3-24(20,21)17-14-13(22-7(2)18)11(19)12(23-14)8-5-4-6-9(15)10(8)16/h4-6,17,19H,3H2,1-2H3. The van der Waals surface area contributed by atoms with Gasteiger partial charge in [-0.2, -0.15) is 0 Å². The molecule has 0 spiro atoms. The third-order valence-corrected chi connectivity index (χ3v) is 4.17. The second-order valence-electron chi connectivity index (χ2n) is 4.64. The first-order valence-corrected chi connectivity index (χ1v) is 8.30. The van der Waals surface area contributed by atoms with Gasteiger partial charge in [0.25, 0.3) is 5.88 Å². The zero-order valence-electron chi connectivity index (χ0n) is 12.6. The fraction of sp³-hybridized carbons (Fsp3) is 0.214. The maximum absolute atomic E-state index is 13.9. The summed E-state index contributed by atoms with van der Waals surface area (Å²) in [4.78, 5) is 11.1. The van der Waals surface area contributed by atoms with Gasteiger partial charge in [-0.1, -0.05) is 6.07 Å². The topological polar surface area (TPSA) is 106 Å². The number of esters is 1. The Morgan fingerprint density at radius 2 is 2.04 bits per heavy atom. The number of benzene rings is 1. The van der Waals surface area contributed by atoms with Gasteiger partial charge in [0.1, 0.15) is 0 Å². The summed E-state index contributed by atoms with van der Waals surface area (Å²) in [6, 6.07) is 3.12. The van der Waals surface area contributed by atoms with E-state index in [1.807, 2.05) is 4.72 Å². The number of anilines is 1. The lowest BCUT2D eigenvalue weighted by atomic mass is 10.1. The Balaban J connectivity index is 2.64. The molecule has 1 aromatic carbocycles. The maximum atomic E-state index is 13.9. The Labute approximate surface area is 135 Å². The van der Waals surface area contributed by atoms with Crippen LogP contribution in [0.1, 0.15) is 13.8 Å². The number of rotatable bonds is 5. The minimum atomic E-state index is -3.85. The van der Waals surface area contributed by atoms with Crippen molar-refractivity contribution in [1.82, 2.24) is 0 Å². The summed E-state index contributed by atoms with van der Waals surface area (Å²) in [5.41, 5.74) is -0.470. The van der Waals surface area contributed by atoms with E-state index >= 15 is 0 Å². The third kappa shape index (κ3) is 3.48. The third-order valence-electron chi connectivity index (χ3n) is 2.91. The highest BCUT2D eigenvalue weighted by atomic mass is 32.2. The molecule has 0 aliphatic carbocycles. The average Bonchev–Trinajstić information content (AvgIpc) is 2.78. The summed E-state index contributed by atoms with van der Waals surface area (Å²) in [5, 5.41) is 10.1. The number of halogens is 2. The zero-order valence-corrected chi connectivity index (χ0v) is 13.4. The van der Waals surface area contributed by atoms with Gasteiger partial charge in [-0.05, 0) is 19.1 Å². The van der Waals surface area contributed by atoms with E-state index in [1.54, 1.807) is 0 Å². The molecule has 1 aromatic heterocycles. The highest BCUT2D eigenvalue weighted by Gasteiger charge is 2.28. The molecule has 0 atom stereocenters. The van der Waals surface area contributed by atoms with Gasteiger partial charge in [-0.15, -0.1) is 0 Å². The zero-order chi connectivity index (χ0) is 18.1. The van der Waals surface area contributed by atoms with Crippen LogP contribution in [0, 0.1) is 11.6 Å². The van der Waals surface area contributed by atoms with E-state index in [9.17, 15) is 27.1 Å². The number of sulfonamides is 1. The van der Waals surface area contributed by atoms with Crippen molar-refractivity contribution in [2.75, 3.05) is 10.5 Å². The monoisotopic (exact) mass is 361 g/mol. The Hall–Kier alpha value is -2.62. The molecule has 2 rings (SSSR count). The van der Waals surface area contributed by atoms with Gasteiger partial charge >= 0.3 is 5.97 Å². The highest BCUT2D eigenvalue weighted by Crippen LogP contribution is 2.47. The number of ether oxygens (including phenoxy) is 1. The number of hydrogen-bond donors (Lipinski definition) is 2. The molecular formula is C14H13F2NO6S. The Morgan fingerprint density at radius 1 is 1.38 bits per heavy atom. The summed E-state index contributed by atoms with van der Waals surface area (Å²) < 4.78 is 62.3. The van der Waals surface area contributed by atoms with Crippen LogP contribution in [0.5, 0.6) is 11.5 Å². The van der Waals surface area contributed by atoms with Crippen LogP contribution in [0.3, 0.4) is 0 Å². The molecule has 0 radical (unpaired) electrons. The molecule has 1 heterocycles. The highest BCUT2D eigenvalue weighted by molar-refractivity contribution is 7.92. The predicted octanol–water partition coefficient (Wildman–Crippen LogP) is 2.62. The molecule has 130 valence electrons. The summed E-state index contributed by atoms with van der Waals surface area (Å²) in [7, 11) is -3.85. The summed E-state index contributed by atoms with van der Waals surface area (Å²) in [6.45, 7) is 2.34. The van der Waals surface area contributed by atoms with Crippen LogP contribution in [-0.2, 0) is 14.8 Å². The van der Waals surface area contributed by atoms with E-state index in [0.29, 0.717) is 0 Å². The van der Waals surface area contributed by atoms with Crippen molar-refractivity contribution in [3.8, 4) is 22.8 Å². The first-order chi connectivity index (χ1) is 11.2. The SMILES string of the molecule is CCS(=O)(=O)Nc1oc(-c2cccc(F)c2F)c(O)c1OC(C)=O. The largest absolute Gasteiger partial charge is 0.502 e. The molecule has 24 heavy (non-hydrogen) atoms. The van der Waals surface area contributed by atoms with E-state index in [-0.39, 0.29) is 5.75 Å². The minimum Gasteiger partial charge on any atom is -0.502 e. The molecule has 7 nitrogen and oxygen atoms in total. The first-order valence-electron chi connectivity index (χ1n) is 6.65. The fourth-order valence-corrected chi connectivity index (χ4v) is 2.35. The normalized spacial score (nSPS) is 11.3. The molecule has 0 bridgehead atoms. The van der Waals surface area contributed by atoms with Crippen LogP contribution < -0.4 is 9.46 Å². The first kappa shape index (κ1) is 17.7. The molecule has 0 saturated heterocycles. The summed E-state index contributed by atoms with van der Waals surface area (Å²) in [5.74, 6) is -6.43. The van der Waals surface area contributed by atoms with Crippen LogP contribution in [0.4, 0.5) is 14.7 Å². The van der Waals surface area contributed by atoms with E-state index in [4.69, 9.17) is 9.15 Å². The summed E-state index contributed by atoms with van der Waals surface area (Å²) >= 11 is 0. The molecule has 0 aliphatic heterocycles. The number of nitrogens with one attached hydrogen (secondary N) is 1. The van der Waals surface area contributed by atoms with Gasteiger partial charge in [0.05, 0.1) is 11.3 Å². The fourth-order valence-electron chi connectivity index (χ4n) is 1.79. The van der Waals surface area contributed by atoms with Gasteiger partial charge in [0.2, 0.25) is 21.5 Å². The lowest BCUT2D eigenvalue weighted by Gasteiger charge is -2.04. The molecule has 0 amide bonds. The second-order valence-corrected chi connectivity index (χ2v) is 6.65. The molecule has 2 aromatic rings. The van der Waals surface area contributed by atoms with Crippen LogP contribution in [0.25, 0.3) is 11.3 Å². The Bertz CT molecular complexity index is 891. The number of carbonyl (C=O) groups is 1. The van der Waals surface area contributed by atoms with Crippen molar-refractivity contribution < 1.29 is 36.3 Å². The molecular weight excluding hydrogens is 348 g/mol. The molecule has 0 aliphatic rings. The smallest absolute Gasteiger partial charge is 0.308 e. The second kappa shape index (κ2) is 6.48. The van der Waals surface area contributed by atoms with Crippen molar-refractivity contribution in [1.29, 1.82) is 0 Å². The van der Waals surface area contributed by atoms with Crippen LogP contribution in [0.2, 0.25) is 0 Å². The van der Waals surface area contributed by atoms with Crippen LogP contribution >= 0.6 is 0 Å². The van der Waals surface area contributed by atoms with Gasteiger partial charge in [0, 0.05) is 6.92 Å². The van der Waals surface area contributed by atoms with Crippen molar-refractivity contribution in [2.45, 2.75) is 13.8 Å². The molecule has 0 saturated carbocycles. The van der Waals surface area contributed by atoms with E-state index in [1.165, 1.54) is 6.92 Å². The number of aromatic hydroxyl groups is 1. The van der Waals surface area contributed by atoms with Gasteiger partial charge in [-0.25, -0.2) is 21.9 Å². The van der Waals surface area contributed by atoms with Crippen LogP contribution in [-0.4, -0.2) is 25.2 Å². The van der Waals surface area contributed by atoms with Crippen molar-refractivity contribution >= 4 is 21.9 Å². The predicted molar refractivity (Wildman–Crippen MR) is 80.1 cm³/mol. The average molecular weight is 361 g/mol. The quantitative estimate of drug-likeness (QED) is 0.793. The van der Waals surface area contributed by atoms with Crippen molar-refractivity contribution in [3.05, 3.63) is 29.8 Å². The Kier molecular flexibility index (Phi) is 4.78. The van der Waals surface area contributed by atoms with Crippen molar-refractivity contribution in [2.24, 2.45) is 0 Å². The van der Waals surface area contributed by atoms with E-state index < -0.39 is 56.3 Å². The lowest BCUT2D eigenvalue weighted by Crippen LogP contribution is -2.15.